The lowest BCUT2D eigenvalue weighted by atomic mass is 9.96. The predicted molar refractivity (Wildman–Crippen MR) is 92.6 cm³/mol. The highest BCUT2D eigenvalue weighted by molar-refractivity contribution is 5.93. The highest BCUT2D eigenvalue weighted by Crippen LogP contribution is 2.24. The fraction of sp³-hybridized carbons (Fsp3) is 0.316. The zero-order valence-electron chi connectivity index (χ0n) is 14.2. The van der Waals surface area contributed by atoms with Gasteiger partial charge in [0.1, 0.15) is 11.6 Å². The van der Waals surface area contributed by atoms with E-state index in [0.29, 0.717) is 12.2 Å². The molecule has 0 unspecified atom stereocenters. The van der Waals surface area contributed by atoms with Crippen LogP contribution in [0.2, 0.25) is 0 Å². The van der Waals surface area contributed by atoms with Gasteiger partial charge < -0.3 is 14.4 Å². The number of amides is 1. The smallest absolute Gasteiger partial charge is 0.274 e. The van der Waals surface area contributed by atoms with Crippen molar-refractivity contribution in [3.63, 3.8) is 0 Å². The summed E-state index contributed by atoms with van der Waals surface area (Å²) in [5, 5.41) is 6.91. The van der Waals surface area contributed by atoms with Gasteiger partial charge in [-0.2, -0.15) is 0 Å². The minimum absolute atomic E-state index is 0.165. The van der Waals surface area contributed by atoms with E-state index in [-0.39, 0.29) is 5.91 Å². The lowest BCUT2D eigenvalue weighted by Gasteiger charge is -2.10. The largest absolute Gasteiger partial charge is 0.360 e. The van der Waals surface area contributed by atoms with Crippen molar-refractivity contribution in [2.75, 3.05) is 0 Å². The van der Waals surface area contributed by atoms with Crippen LogP contribution in [0.4, 0.5) is 0 Å². The van der Waals surface area contributed by atoms with E-state index in [2.05, 4.69) is 15.5 Å². The molecule has 6 nitrogen and oxygen atoms in total. The summed E-state index contributed by atoms with van der Waals surface area (Å²) in [5.41, 5.74) is 3.51. The summed E-state index contributed by atoms with van der Waals surface area (Å²) in [6, 6.07) is 8.06. The lowest BCUT2D eigenvalue weighted by Crippen LogP contribution is -2.24. The average Bonchev–Trinajstić information content (AvgIpc) is 3.26. The van der Waals surface area contributed by atoms with E-state index in [1.54, 1.807) is 6.20 Å². The van der Waals surface area contributed by atoms with Gasteiger partial charge in [-0.15, -0.1) is 0 Å². The van der Waals surface area contributed by atoms with Crippen LogP contribution in [0.1, 0.15) is 46.0 Å². The number of nitrogens with zero attached hydrogens (tertiary/aromatic N) is 3. The molecule has 0 saturated heterocycles. The van der Waals surface area contributed by atoms with Crippen molar-refractivity contribution in [2.24, 2.45) is 0 Å². The van der Waals surface area contributed by atoms with E-state index >= 15 is 0 Å². The van der Waals surface area contributed by atoms with Gasteiger partial charge in [0, 0.05) is 36.6 Å². The Morgan fingerprint density at radius 2 is 2.04 bits per heavy atom. The predicted octanol–water partition coefficient (Wildman–Crippen LogP) is 2.98. The maximum atomic E-state index is 12.4. The molecule has 2 heterocycles. The third-order valence-corrected chi connectivity index (χ3v) is 4.66. The van der Waals surface area contributed by atoms with E-state index in [4.69, 9.17) is 4.52 Å². The quantitative estimate of drug-likeness (QED) is 0.795. The molecule has 2 aromatic heterocycles. The zero-order chi connectivity index (χ0) is 17.2. The molecule has 1 aliphatic rings. The van der Waals surface area contributed by atoms with Crippen LogP contribution in [0.3, 0.4) is 0 Å². The van der Waals surface area contributed by atoms with Gasteiger partial charge in [-0.05, 0) is 43.9 Å². The van der Waals surface area contributed by atoms with Crippen LogP contribution in [0.25, 0.3) is 5.69 Å². The summed E-state index contributed by atoms with van der Waals surface area (Å²) >= 11 is 0. The summed E-state index contributed by atoms with van der Waals surface area (Å²) in [6.07, 6.45) is 7.66. The number of rotatable bonds is 4. The maximum absolute atomic E-state index is 12.4. The molecule has 3 aromatic rings. The summed E-state index contributed by atoms with van der Waals surface area (Å²) in [7, 11) is 0. The van der Waals surface area contributed by atoms with E-state index in [1.165, 1.54) is 0 Å². The Kier molecular flexibility index (Phi) is 4.09. The second kappa shape index (κ2) is 6.55. The molecule has 25 heavy (non-hydrogen) atoms. The number of hydrogen-bond acceptors (Lipinski definition) is 4. The number of hydrogen-bond donors (Lipinski definition) is 1. The SMILES string of the molecule is Cc1nccn1-c1ccc(CNC(=O)c2noc3c2CCCC3)cc1. The van der Waals surface area contributed by atoms with Gasteiger partial charge in [0.2, 0.25) is 0 Å². The molecule has 0 radical (unpaired) electrons. The van der Waals surface area contributed by atoms with Gasteiger partial charge in [-0.3, -0.25) is 4.79 Å². The minimum atomic E-state index is -0.165. The Hall–Kier alpha value is -2.89. The first-order valence-electron chi connectivity index (χ1n) is 8.57. The fourth-order valence-electron chi connectivity index (χ4n) is 3.25. The first-order valence-corrected chi connectivity index (χ1v) is 8.57. The van der Waals surface area contributed by atoms with Crippen molar-refractivity contribution in [1.82, 2.24) is 20.0 Å². The molecule has 1 aromatic carbocycles. The normalized spacial score (nSPS) is 13.5. The lowest BCUT2D eigenvalue weighted by molar-refractivity contribution is 0.0941. The van der Waals surface area contributed by atoms with Crippen LogP contribution in [0, 0.1) is 6.92 Å². The topological polar surface area (TPSA) is 73.0 Å². The second-order valence-electron chi connectivity index (χ2n) is 6.33. The molecule has 0 bridgehead atoms. The van der Waals surface area contributed by atoms with Gasteiger partial charge in [0.25, 0.3) is 5.91 Å². The number of fused-ring (bicyclic) bond motifs is 1. The third-order valence-electron chi connectivity index (χ3n) is 4.66. The number of carbonyl (C=O) groups is 1. The molecule has 1 aliphatic carbocycles. The molecule has 0 fully saturated rings. The fourth-order valence-corrected chi connectivity index (χ4v) is 3.25. The van der Waals surface area contributed by atoms with Crippen LogP contribution in [-0.2, 0) is 19.4 Å². The molecule has 0 saturated carbocycles. The second-order valence-corrected chi connectivity index (χ2v) is 6.33. The monoisotopic (exact) mass is 336 g/mol. The Bertz CT molecular complexity index is 893. The van der Waals surface area contributed by atoms with E-state index in [1.807, 2.05) is 42.0 Å². The molecular formula is C19H20N4O2. The van der Waals surface area contributed by atoms with Crippen molar-refractivity contribution >= 4 is 5.91 Å². The van der Waals surface area contributed by atoms with Crippen molar-refractivity contribution < 1.29 is 9.32 Å². The highest BCUT2D eigenvalue weighted by atomic mass is 16.5. The zero-order valence-corrected chi connectivity index (χ0v) is 14.2. The van der Waals surface area contributed by atoms with Crippen LogP contribution >= 0.6 is 0 Å². The van der Waals surface area contributed by atoms with E-state index < -0.39 is 0 Å². The number of aryl methyl sites for hydroxylation is 2. The summed E-state index contributed by atoms with van der Waals surface area (Å²) in [6.45, 7) is 2.43. The van der Waals surface area contributed by atoms with E-state index in [9.17, 15) is 4.79 Å². The molecule has 1 N–H and O–H groups in total. The first-order chi connectivity index (χ1) is 12.2. The molecule has 6 heteroatoms. The Labute approximate surface area is 145 Å². The number of imidazole rings is 1. The van der Waals surface area contributed by atoms with Gasteiger partial charge in [-0.25, -0.2) is 4.98 Å². The number of benzene rings is 1. The molecule has 128 valence electrons. The van der Waals surface area contributed by atoms with Gasteiger partial charge in [-0.1, -0.05) is 17.3 Å². The summed E-state index contributed by atoms with van der Waals surface area (Å²) in [5.74, 6) is 1.65. The molecule has 4 rings (SSSR count). The van der Waals surface area contributed by atoms with E-state index in [0.717, 1.165) is 54.1 Å². The number of nitrogens with one attached hydrogen (secondary N) is 1. The van der Waals surface area contributed by atoms with Crippen molar-refractivity contribution in [2.45, 2.75) is 39.2 Å². The van der Waals surface area contributed by atoms with Crippen molar-refractivity contribution in [3.8, 4) is 5.69 Å². The first kappa shape index (κ1) is 15.6. The van der Waals surface area contributed by atoms with Gasteiger partial charge in [0.15, 0.2) is 5.69 Å². The molecule has 0 aliphatic heterocycles. The van der Waals surface area contributed by atoms with Gasteiger partial charge >= 0.3 is 0 Å². The summed E-state index contributed by atoms with van der Waals surface area (Å²) in [4.78, 5) is 16.6. The Morgan fingerprint density at radius 1 is 1.24 bits per heavy atom. The van der Waals surface area contributed by atoms with Crippen molar-refractivity contribution in [1.29, 1.82) is 0 Å². The molecule has 1 amide bonds. The average molecular weight is 336 g/mol. The number of carbonyl (C=O) groups excluding carboxylic acids is 1. The van der Waals surface area contributed by atoms with Crippen LogP contribution in [-0.4, -0.2) is 20.6 Å². The maximum Gasteiger partial charge on any atom is 0.274 e. The third kappa shape index (κ3) is 3.07. The Morgan fingerprint density at radius 3 is 2.80 bits per heavy atom. The molecular weight excluding hydrogens is 316 g/mol. The molecule has 0 spiro atoms. The highest BCUT2D eigenvalue weighted by Gasteiger charge is 2.23. The van der Waals surface area contributed by atoms with Crippen LogP contribution in [0.5, 0.6) is 0 Å². The minimum Gasteiger partial charge on any atom is -0.360 e. The Balaban J connectivity index is 1.42. The van der Waals surface area contributed by atoms with Crippen LogP contribution < -0.4 is 5.32 Å². The van der Waals surface area contributed by atoms with Crippen LogP contribution in [0.15, 0.2) is 41.2 Å². The summed E-state index contributed by atoms with van der Waals surface area (Å²) < 4.78 is 7.33. The number of aromatic nitrogens is 3. The van der Waals surface area contributed by atoms with Gasteiger partial charge in [0.05, 0.1) is 0 Å². The molecule has 0 atom stereocenters. The standard InChI is InChI=1S/C19H20N4O2/c1-13-20-10-11-23(13)15-8-6-14(7-9-15)12-21-19(24)18-16-4-2-3-5-17(16)25-22-18/h6-11H,2-5,12H2,1H3,(H,21,24). The van der Waals surface area contributed by atoms with Crippen molar-refractivity contribution in [3.05, 3.63) is 65.1 Å².